The third kappa shape index (κ3) is 1.45. The van der Waals surface area contributed by atoms with Crippen molar-refractivity contribution in [3.63, 3.8) is 0 Å². The number of hydrogen-bond acceptors (Lipinski definition) is 3. The molecule has 86 valence electrons. The van der Waals surface area contributed by atoms with E-state index in [1.165, 1.54) is 6.92 Å². The van der Waals surface area contributed by atoms with Crippen LogP contribution in [0, 0.1) is 6.92 Å². The lowest BCUT2D eigenvalue weighted by Gasteiger charge is -2.06. The van der Waals surface area contributed by atoms with Gasteiger partial charge in [0.15, 0.2) is 5.69 Å². The summed E-state index contributed by atoms with van der Waals surface area (Å²) in [5.74, 6) is 0.393. The zero-order valence-electron chi connectivity index (χ0n) is 9.64. The van der Waals surface area contributed by atoms with Crippen molar-refractivity contribution in [2.45, 2.75) is 20.3 Å². The second-order valence-corrected chi connectivity index (χ2v) is 4.07. The molecule has 0 saturated heterocycles. The van der Waals surface area contributed by atoms with Gasteiger partial charge >= 0.3 is 12.4 Å². The first-order chi connectivity index (χ1) is 8.16. The van der Waals surface area contributed by atoms with Gasteiger partial charge in [-0.25, -0.2) is 0 Å². The molecule has 3 rings (SSSR count). The number of esters is 1. The smallest absolute Gasteiger partial charge is 0.394 e. The number of rotatable bonds is 1. The van der Waals surface area contributed by atoms with Gasteiger partial charge in [0.25, 0.3) is 5.52 Å². The lowest BCUT2D eigenvalue weighted by atomic mass is 10.2. The second-order valence-electron chi connectivity index (χ2n) is 4.07. The number of hydrogen-bond donors (Lipinski definition) is 0. The van der Waals surface area contributed by atoms with Gasteiger partial charge in [0.2, 0.25) is 5.75 Å². The van der Waals surface area contributed by atoms with Crippen molar-refractivity contribution in [2.24, 2.45) is 0 Å². The molecule has 0 aliphatic carbocycles. The molecule has 1 aromatic carbocycles. The van der Waals surface area contributed by atoms with Gasteiger partial charge in [-0.1, -0.05) is 6.07 Å². The molecule has 2 heterocycles. The fourth-order valence-corrected chi connectivity index (χ4v) is 2.15. The van der Waals surface area contributed by atoms with Crippen molar-refractivity contribution in [1.29, 1.82) is 0 Å². The van der Waals surface area contributed by atoms with E-state index in [0.717, 1.165) is 22.3 Å². The first-order valence-corrected chi connectivity index (χ1v) is 5.44. The maximum atomic E-state index is 11.1. The maximum absolute atomic E-state index is 11.1. The molecule has 1 atom stereocenters. The highest BCUT2D eigenvalue weighted by Crippen LogP contribution is 2.31. The number of para-hydroxylation sites is 1. The van der Waals surface area contributed by atoms with Crippen LogP contribution in [0.15, 0.2) is 30.3 Å². The topological polar surface area (TPSA) is 39.4 Å². The van der Waals surface area contributed by atoms with Crippen LogP contribution in [0.2, 0.25) is 0 Å². The summed E-state index contributed by atoms with van der Waals surface area (Å²) in [6.07, 6.45) is -0.686. The van der Waals surface area contributed by atoms with Crippen LogP contribution in [-0.2, 0) is 9.53 Å². The van der Waals surface area contributed by atoms with Crippen LogP contribution >= 0.6 is 0 Å². The van der Waals surface area contributed by atoms with E-state index >= 15 is 0 Å². The molecule has 0 radical (unpaired) electrons. The maximum Gasteiger partial charge on any atom is 0.470 e. The summed E-state index contributed by atoms with van der Waals surface area (Å²) in [5, 5.41) is 1.07. The van der Waals surface area contributed by atoms with Crippen LogP contribution in [0.4, 0.5) is 0 Å². The first-order valence-electron chi connectivity index (χ1n) is 5.44. The van der Waals surface area contributed by atoms with Gasteiger partial charge in [-0.15, -0.1) is 4.57 Å². The van der Waals surface area contributed by atoms with Gasteiger partial charge in [-0.05, 0) is 18.2 Å². The number of aryl methyl sites for hydroxylation is 1. The Morgan fingerprint density at radius 2 is 2.18 bits per heavy atom. The Labute approximate surface area is 98.4 Å². The van der Waals surface area contributed by atoms with Crippen LogP contribution in [0.1, 0.15) is 19.0 Å². The molecule has 0 N–H and O–H groups in total. The number of nitrogens with zero attached hydrogens (tertiary/aromatic N) is 1. The van der Waals surface area contributed by atoms with Crippen molar-refractivity contribution in [2.75, 3.05) is 0 Å². The average molecular weight is 230 g/mol. The minimum absolute atomic E-state index is 0.355. The Balaban J connectivity index is 2.24. The molecular formula is C13H12NO3+. The lowest BCUT2D eigenvalue weighted by Crippen LogP contribution is -2.43. The fraction of sp³-hybridized carbons (Fsp3) is 0.231. The minimum atomic E-state index is -0.686. The Hall–Kier alpha value is -2.10. The summed E-state index contributed by atoms with van der Waals surface area (Å²) in [6, 6.07) is 9.82. The zero-order valence-corrected chi connectivity index (χ0v) is 9.64. The molecule has 0 fully saturated rings. The predicted octanol–water partition coefficient (Wildman–Crippen LogP) is 1.85. The quantitative estimate of drug-likeness (QED) is 0.554. The molecule has 4 nitrogen and oxygen atoms in total. The molecule has 4 heteroatoms. The zero-order chi connectivity index (χ0) is 12.0. The number of aromatic nitrogens is 1. The largest absolute Gasteiger partial charge is 0.470 e. The van der Waals surface area contributed by atoms with E-state index in [9.17, 15) is 4.79 Å². The van der Waals surface area contributed by atoms with Gasteiger partial charge < -0.3 is 9.47 Å². The van der Waals surface area contributed by atoms with E-state index in [-0.39, 0.29) is 5.97 Å². The standard InChI is InChI=1S/C13H12NO3/c1-8-6-7-10-4-3-5-11-12(10)14(8)13(17-11)16-9(2)15/h3-7,13H,1-2H3/q+1/t13-/m1/s1. The monoisotopic (exact) mass is 230 g/mol. The third-order valence-corrected chi connectivity index (χ3v) is 2.86. The molecule has 1 aliphatic rings. The SMILES string of the molecule is CC(=O)O[C@@H]1Oc2cccc3ccc(C)[n+]1c23. The first kappa shape index (κ1) is 10.1. The highest BCUT2D eigenvalue weighted by molar-refractivity contribution is 5.82. The number of carbonyl (C=O) groups excluding carboxylic acids is 1. The lowest BCUT2D eigenvalue weighted by molar-refractivity contribution is -0.762. The summed E-state index contributed by atoms with van der Waals surface area (Å²) in [6.45, 7) is 3.34. The van der Waals surface area contributed by atoms with E-state index in [1.807, 2.05) is 41.8 Å². The summed E-state index contributed by atoms with van der Waals surface area (Å²) < 4.78 is 12.7. The van der Waals surface area contributed by atoms with Crippen molar-refractivity contribution in [3.8, 4) is 5.75 Å². The minimum Gasteiger partial charge on any atom is -0.394 e. The van der Waals surface area contributed by atoms with Crippen LogP contribution in [0.25, 0.3) is 10.9 Å². The summed E-state index contributed by atoms with van der Waals surface area (Å²) in [4.78, 5) is 11.1. The number of ether oxygens (including phenoxy) is 2. The number of benzene rings is 1. The van der Waals surface area contributed by atoms with E-state index in [2.05, 4.69) is 0 Å². The summed E-state index contributed by atoms with van der Waals surface area (Å²) >= 11 is 0. The third-order valence-electron chi connectivity index (χ3n) is 2.86. The summed E-state index contributed by atoms with van der Waals surface area (Å²) in [5.41, 5.74) is 1.97. The Morgan fingerprint density at radius 1 is 1.35 bits per heavy atom. The Morgan fingerprint density at radius 3 is 2.94 bits per heavy atom. The second kappa shape index (κ2) is 3.45. The van der Waals surface area contributed by atoms with Crippen LogP contribution < -0.4 is 9.30 Å². The van der Waals surface area contributed by atoms with Gasteiger partial charge in [-0.2, -0.15) is 0 Å². The molecule has 17 heavy (non-hydrogen) atoms. The van der Waals surface area contributed by atoms with Crippen molar-refractivity contribution < 1.29 is 18.8 Å². The molecule has 1 aliphatic heterocycles. The molecule has 0 saturated carbocycles. The Kier molecular flexibility index (Phi) is 2.04. The molecule has 0 bridgehead atoms. The normalized spacial score (nSPS) is 16.9. The number of pyridine rings is 1. The van der Waals surface area contributed by atoms with Crippen LogP contribution in [0.5, 0.6) is 5.75 Å². The summed E-state index contributed by atoms with van der Waals surface area (Å²) in [7, 11) is 0. The molecule has 0 unspecified atom stereocenters. The van der Waals surface area contributed by atoms with Crippen molar-refractivity contribution in [1.82, 2.24) is 0 Å². The van der Waals surface area contributed by atoms with E-state index in [1.54, 1.807) is 0 Å². The van der Waals surface area contributed by atoms with Crippen LogP contribution in [0.3, 0.4) is 0 Å². The molecule has 1 aromatic heterocycles. The van der Waals surface area contributed by atoms with Gasteiger partial charge in [-0.3, -0.25) is 4.79 Å². The predicted molar refractivity (Wildman–Crippen MR) is 60.3 cm³/mol. The molecule has 2 aromatic rings. The molecule has 0 spiro atoms. The highest BCUT2D eigenvalue weighted by Gasteiger charge is 2.37. The fourth-order valence-electron chi connectivity index (χ4n) is 2.15. The average Bonchev–Trinajstić information content (AvgIpc) is 2.63. The molecule has 0 amide bonds. The van der Waals surface area contributed by atoms with E-state index in [4.69, 9.17) is 9.47 Å². The van der Waals surface area contributed by atoms with Crippen molar-refractivity contribution >= 4 is 16.9 Å². The highest BCUT2D eigenvalue weighted by atomic mass is 16.7. The van der Waals surface area contributed by atoms with E-state index in [0.29, 0.717) is 0 Å². The van der Waals surface area contributed by atoms with E-state index < -0.39 is 6.41 Å². The molecular weight excluding hydrogens is 218 g/mol. The Bertz CT molecular complexity index is 621. The van der Waals surface area contributed by atoms with Gasteiger partial charge in [0, 0.05) is 19.9 Å². The van der Waals surface area contributed by atoms with Crippen LogP contribution in [-0.4, -0.2) is 5.97 Å². The van der Waals surface area contributed by atoms with Crippen molar-refractivity contribution in [3.05, 3.63) is 36.0 Å². The number of carbonyl (C=O) groups is 1. The van der Waals surface area contributed by atoms with Gasteiger partial charge in [0.1, 0.15) is 0 Å². The van der Waals surface area contributed by atoms with Gasteiger partial charge in [0.05, 0.1) is 5.39 Å².